The van der Waals surface area contributed by atoms with E-state index in [0.717, 1.165) is 0 Å². The minimum absolute atomic E-state index is 0.0572. The molecule has 1 aliphatic rings. The van der Waals surface area contributed by atoms with Crippen molar-refractivity contribution >= 4 is 5.97 Å². The second-order valence-electron chi connectivity index (χ2n) is 3.35. The molecule has 4 heteroatoms. The van der Waals surface area contributed by atoms with Gasteiger partial charge in [0.15, 0.2) is 0 Å². The van der Waals surface area contributed by atoms with Gasteiger partial charge in [-0.1, -0.05) is 6.92 Å². The maximum Gasteiger partial charge on any atom is 0.308 e. The predicted molar refractivity (Wildman–Crippen MR) is 41.7 cm³/mol. The number of epoxide rings is 1. The minimum Gasteiger partial charge on any atom is -0.481 e. The summed E-state index contributed by atoms with van der Waals surface area (Å²) in [6.45, 7) is 3.96. The zero-order valence-electron chi connectivity index (χ0n) is 7.23. The van der Waals surface area contributed by atoms with Gasteiger partial charge in [-0.25, -0.2) is 0 Å². The molecule has 4 atom stereocenters. The van der Waals surface area contributed by atoms with Crippen LogP contribution in [0.25, 0.3) is 0 Å². The number of rotatable bonds is 4. The van der Waals surface area contributed by atoms with Gasteiger partial charge in [-0.2, -0.15) is 0 Å². The van der Waals surface area contributed by atoms with Gasteiger partial charge < -0.3 is 14.9 Å². The van der Waals surface area contributed by atoms with Crippen LogP contribution >= 0.6 is 0 Å². The summed E-state index contributed by atoms with van der Waals surface area (Å²) in [5.74, 6) is -1.77. The molecule has 0 radical (unpaired) electrons. The molecule has 1 heterocycles. The van der Waals surface area contributed by atoms with E-state index in [0.29, 0.717) is 6.61 Å². The number of ether oxygens (including phenoxy) is 1. The Labute approximate surface area is 71.2 Å². The third kappa shape index (κ3) is 1.95. The molecule has 1 saturated heterocycles. The molecule has 2 N–H and O–H groups in total. The minimum atomic E-state index is -0.963. The van der Waals surface area contributed by atoms with Crippen LogP contribution < -0.4 is 0 Å². The van der Waals surface area contributed by atoms with Crippen LogP contribution in [0.2, 0.25) is 0 Å². The van der Waals surface area contributed by atoms with Gasteiger partial charge in [0.1, 0.15) is 0 Å². The summed E-state index contributed by atoms with van der Waals surface area (Å²) >= 11 is 0. The first-order valence-corrected chi connectivity index (χ1v) is 4.06. The molecular formula is C8H14O4. The van der Waals surface area contributed by atoms with Gasteiger partial charge in [-0.3, -0.25) is 4.79 Å². The zero-order chi connectivity index (χ0) is 9.30. The van der Waals surface area contributed by atoms with Crippen molar-refractivity contribution in [3.8, 4) is 0 Å². The zero-order valence-corrected chi connectivity index (χ0v) is 7.23. The molecule has 0 aromatic rings. The number of carboxylic acid groups (broad SMARTS) is 1. The van der Waals surface area contributed by atoms with Crippen molar-refractivity contribution in [1.29, 1.82) is 0 Å². The average Bonchev–Trinajstić information content (AvgIpc) is 2.82. The van der Waals surface area contributed by atoms with E-state index in [4.69, 9.17) is 9.84 Å². The Bertz CT molecular complexity index is 176. The van der Waals surface area contributed by atoms with Crippen molar-refractivity contribution in [3.63, 3.8) is 0 Å². The number of aliphatic carboxylic acids is 1. The average molecular weight is 174 g/mol. The van der Waals surface area contributed by atoms with Crippen LogP contribution in [-0.2, 0) is 9.53 Å². The quantitative estimate of drug-likeness (QED) is 0.593. The third-order valence-electron chi connectivity index (χ3n) is 2.39. The van der Waals surface area contributed by atoms with Gasteiger partial charge in [0.2, 0.25) is 0 Å². The summed E-state index contributed by atoms with van der Waals surface area (Å²) in [5.41, 5.74) is 0. The third-order valence-corrected chi connectivity index (χ3v) is 2.39. The van der Waals surface area contributed by atoms with E-state index in [2.05, 4.69) is 0 Å². The van der Waals surface area contributed by atoms with Crippen LogP contribution in [0.1, 0.15) is 13.8 Å². The fraction of sp³-hybridized carbons (Fsp3) is 0.875. The largest absolute Gasteiger partial charge is 0.481 e. The van der Waals surface area contributed by atoms with Crippen molar-refractivity contribution < 1.29 is 19.7 Å². The Morgan fingerprint density at radius 3 is 2.42 bits per heavy atom. The van der Waals surface area contributed by atoms with Crippen molar-refractivity contribution in [1.82, 2.24) is 0 Å². The Morgan fingerprint density at radius 1 is 1.58 bits per heavy atom. The van der Waals surface area contributed by atoms with Gasteiger partial charge in [0, 0.05) is 5.92 Å². The molecule has 1 aliphatic heterocycles. The first-order chi connectivity index (χ1) is 5.54. The topological polar surface area (TPSA) is 70.1 Å². The Kier molecular flexibility index (Phi) is 2.69. The summed E-state index contributed by atoms with van der Waals surface area (Å²) in [5, 5.41) is 18.1. The normalized spacial score (nSPS) is 29.1. The van der Waals surface area contributed by atoms with E-state index in [1.54, 1.807) is 0 Å². The molecule has 0 unspecified atom stereocenters. The summed E-state index contributed by atoms with van der Waals surface area (Å²) in [6, 6.07) is 0. The number of carboxylic acids is 1. The molecule has 0 saturated carbocycles. The lowest BCUT2D eigenvalue weighted by molar-refractivity contribution is -0.146. The van der Waals surface area contributed by atoms with E-state index < -0.39 is 18.0 Å². The van der Waals surface area contributed by atoms with Crippen molar-refractivity contribution in [2.45, 2.75) is 26.1 Å². The molecule has 12 heavy (non-hydrogen) atoms. The molecule has 0 aliphatic carbocycles. The fourth-order valence-electron chi connectivity index (χ4n) is 1.18. The highest BCUT2D eigenvalue weighted by Gasteiger charge is 2.38. The monoisotopic (exact) mass is 174 g/mol. The first-order valence-electron chi connectivity index (χ1n) is 4.06. The van der Waals surface area contributed by atoms with Crippen molar-refractivity contribution in [3.05, 3.63) is 0 Å². The van der Waals surface area contributed by atoms with E-state index in [1.165, 1.54) is 6.92 Å². The molecule has 1 rings (SSSR count). The molecule has 4 nitrogen and oxygen atoms in total. The SMILES string of the molecule is C[C@H]([C@H](O)[C@@H](C)C(=O)O)[C@H]1CO1. The van der Waals surface area contributed by atoms with Crippen LogP contribution in [0, 0.1) is 11.8 Å². The van der Waals surface area contributed by atoms with Crippen LogP contribution in [0.15, 0.2) is 0 Å². The molecule has 1 fully saturated rings. The van der Waals surface area contributed by atoms with Crippen molar-refractivity contribution in [2.24, 2.45) is 11.8 Å². The highest BCUT2D eigenvalue weighted by Crippen LogP contribution is 2.26. The second-order valence-corrected chi connectivity index (χ2v) is 3.35. The molecular weight excluding hydrogens is 160 g/mol. The summed E-state index contributed by atoms with van der Waals surface area (Å²) in [7, 11) is 0. The number of aliphatic hydroxyl groups is 1. The Morgan fingerprint density at radius 2 is 2.08 bits per heavy atom. The highest BCUT2D eigenvalue weighted by molar-refractivity contribution is 5.70. The van der Waals surface area contributed by atoms with Gasteiger partial charge in [0.05, 0.1) is 24.7 Å². The summed E-state index contributed by atoms with van der Waals surface area (Å²) in [6.07, 6.45) is -0.753. The van der Waals surface area contributed by atoms with Gasteiger partial charge in [0.25, 0.3) is 0 Å². The van der Waals surface area contributed by atoms with Crippen LogP contribution in [-0.4, -0.2) is 35.0 Å². The summed E-state index contributed by atoms with van der Waals surface area (Å²) < 4.78 is 4.97. The van der Waals surface area contributed by atoms with Crippen molar-refractivity contribution in [2.75, 3.05) is 6.61 Å². The number of carbonyl (C=O) groups is 1. The van der Waals surface area contributed by atoms with Gasteiger partial charge >= 0.3 is 5.97 Å². The molecule has 0 aromatic carbocycles. The van der Waals surface area contributed by atoms with Crippen LogP contribution in [0.3, 0.4) is 0 Å². The smallest absolute Gasteiger partial charge is 0.308 e. The summed E-state index contributed by atoms with van der Waals surface area (Å²) in [4.78, 5) is 10.5. The van der Waals surface area contributed by atoms with E-state index in [1.807, 2.05) is 6.92 Å². The van der Waals surface area contributed by atoms with E-state index in [-0.39, 0.29) is 12.0 Å². The lowest BCUT2D eigenvalue weighted by Crippen LogP contribution is -2.33. The molecule has 0 amide bonds. The standard InChI is InChI=1S/C8H14O4/c1-4(6-3-12-6)7(9)5(2)8(10)11/h4-7,9H,3H2,1-2H3,(H,10,11)/t4-,5+,6+,7-/m0/s1. The Balaban J connectivity index is 2.44. The number of aliphatic hydroxyl groups excluding tert-OH is 1. The fourth-order valence-corrected chi connectivity index (χ4v) is 1.18. The lowest BCUT2D eigenvalue weighted by atomic mass is 9.91. The lowest BCUT2D eigenvalue weighted by Gasteiger charge is -2.20. The van der Waals surface area contributed by atoms with Crippen LogP contribution in [0.4, 0.5) is 0 Å². The molecule has 0 aromatic heterocycles. The van der Waals surface area contributed by atoms with E-state index in [9.17, 15) is 9.90 Å². The molecule has 0 bridgehead atoms. The molecule has 0 spiro atoms. The highest BCUT2D eigenvalue weighted by atomic mass is 16.6. The second kappa shape index (κ2) is 3.41. The number of hydrogen-bond donors (Lipinski definition) is 2. The maximum absolute atomic E-state index is 10.5. The number of hydrogen-bond acceptors (Lipinski definition) is 3. The maximum atomic E-state index is 10.5. The van der Waals surface area contributed by atoms with E-state index >= 15 is 0 Å². The van der Waals surface area contributed by atoms with Gasteiger partial charge in [-0.05, 0) is 6.92 Å². The van der Waals surface area contributed by atoms with Crippen LogP contribution in [0.5, 0.6) is 0 Å². The van der Waals surface area contributed by atoms with Gasteiger partial charge in [-0.15, -0.1) is 0 Å². The molecule has 70 valence electrons. The Hall–Kier alpha value is -0.610. The first kappa shape index (κ1) is 9.48. The predicted octanol–water partition coefficient (Wildman–Crippen LogP) is 0.103.